The third-order valence-corrected chi connectivity index (χ3v) is 3.25. The van der Waals surface area contributed by atoms with Crippen molar-refractivity contribution >= 4 is 11.9 Å². The van der Waals surface area contributed by atoms with E-state index in [-0.39, 0.29) is 6.42 Å². The van der Waals surface area contributed by atoms with Crippen LogP contribution >= 0.6 is 0 Å². The van der Waals surface area contributed by atoms with Crippen LogP contribution in [0.4, 0.5) is 0 Å². The minimum Gasteiger partial charge on any atom is -0.466 e. The van der Waals surface area contributed by atoms with Crippen molar-refractivity contribution in [1.82, 2.24) is 5.32 Å². The van der Waals surface area contributed by atoms with E-state index >= 15 is 0 Å². The van der Waals surface area contributed by atoms with Gasteiger partial charge in [-0.3, -0.25) is 0 Å². The molecule has 1 aliphatic rings. The van der Waals surface area contributed by atoms with E-state index in [1.165, 1.54) is 14.2 Å². The zero-order valence-corrected chi connectivity index (χ0v) is 12.7. The van der Waals surface area contributed by atoms with Gasteiger partial charge in [0.2, 0.25) is 0 Å². The second-order valence-corrected chi connectivity index (χ2v) is 4.70. The molecule has 0 spiro atoms. The van der Waals surface area contributed by atoms with Gasteiger partial charge in [-0.25, -0.2) is 9.59 Å². The number of hydrogen-bond donors (Lipinski definition) is 1. The van der Waals surface area contributed by atoms with Crippen LogP contribution in [0.2, 0.25) is 0 Å². The number of rotatable bonds is 6. The van der Waals surface area contributed by atoms with E-state index in [2.05, 4.69) is 5.32 Å². The number of methoxy groups -OCH3 is 2. The molecular formula is C15H23NO4. The van der Waals surface area contributed by atoms with E-state index < -0.39 is 11.9 Å². The third-order valence-electron chi connectivity index (χ3n) is 3.25. The summed E-state index contributed by atoms with van der Waals surface area (Å²) in [5.74, 6) is -0.782. The molecule has 1 N–H and O–H groups in total. The molecule has 0 aliphatic carbocycles. The van der Waals surface area contributed by atoms with Gasteiger partial charge in [-0.05, 0) is 12.8 Å². The predicted molar refractivity (Wildman–Crippen MR) is 75.7 cm³/mol. The standard InChI is InChI=1S/C15H23NO4/c1-5-7-12-10(14(17)19-3)9-11(15(18)20-4)13(16-12)8-6-2/h16H,5-9H2,1-4H3. The van der Waals surface area contributed by atoms with Gasteiger partial charge in [-0.15, -0.1) is 0 Å². The molecule has 5 nitrogen and oxygen atoms in total. The Labute approximate surface area is 120 Å². The van der Waals surface area contributed by atoms with Crippen LogP contribution in [-0.2, 0) is 19.1 Å². The number of ether oxygens (including phenoxy) is 2. The van der Waals surface area contributed by atoms with Crippen LogP contribution in [0.5, 0.6) is 0 Å². The highest BCUT2D eigenvalue weighted by molar-refractivity contribution is 5.96. The Balaban J connectivity index is 3.14. The van der Waals surface area contributed by atoms with Crippen molar-refractivity contribution in [3.63, 3.8) is 0 Å². The maximum Gasteiger partial charge on any atom is 0.335 e. The molecule has 20 heavy (non-hydrogen) atoms. The maximum atomic E-state index is 11.9. The second kappa shape index (κ2) is 7.72. The lowest BCUT2D eigenvalue weighted by Gasteiger charge is -2.25. The molecule has 1 heterocycles. The van der Waals surface area contributed by atoms with Crippen molar-refractivity contribution in [3.8, 4) is 0 Å². The van der Waals surface area contributed by atoms with Gasteiger partial charge in [0.25, 0.3) is 0 Å². The molecule has 0 aromatic carbocycles. The largest absolute Gasteiger partial charge is 0.466 e. The number of hydrogen-bond acceptors (Lipinski definition) is 5. The molecular weight excluding hydrogens is 258 g/mol. The molecule has 0 atom stereocenters. The van der Waals surface area contributed by atoms with Crippen LogP contribution in [0, 0.1) is 0 Å². The smallest absolute Gasteiger partial charge is 0.335 e. The summed E-state index contributed by atoms with van der Waals surface area (Å²) in [6.07, 6.45) is 3.61. The molecule has 5 heteroatoms. The highest BCUT2D eigenvalue weighted by atomic mass is 16.5. The van der Waals surface area contributed by atoms with Crippen LogP contribution < -0.4 is 5.32 Å². The SMILES string of the molecule is CCCC1=C(C(=O)OC)CC(C(=O)OC)=C(CCC)N1. The van der Waals surface area contributed by atoms with E-state index in [1.54, 1.807) is 0 Å². The molecule has 0 aromatic rings. The summed E-state index contributed by atoms with van der Waals surface area (Å²) in [5.41, 5.74) is 2.76. The fourth-order valence-corrected chi connectivity index (χ4v) is 2.29. The minimum atomic E-state index is -0.391. The molecule has 1 rings (SSSR count). The summed E-state index contributed by atoms with van der Waals surface area (Å²) >= 11 is 0. The molecule has 0 fully saturated rings. The normalized spacial score (nSPS) is 15.0. The molecule has 0 bridgehead atoms. The second-order valence-electron chi connectivity index (χ2n) is 4.70. The number of nitrogens with one attached hydrogen (secondary N) is 1. The van der Waals surface area contributed by atoms with Crippen molar-refractivity contribution in [3.05, 3.63) is 22.5 Å². The molecule has 0 saturated carbocycles. The minimum absolute atomic E-state index is 0.275. The average Bonchev–Trinajstić information content (AvgIpc) is 2.46. The van der Waals surface area contributed by atoms with Gasteiger partial charge in [-0.2, -0.15) is 0 Å². The molecule has 0 unspecified atom stereocenters. The van der Waals surface area contributed by atoms with Gasteiger partial charge in [0.1, 0.15) is 0 Å². The Bertz CT molecular complexity index is 409. The fourth-order valence-electron chi connectivity index (χ4n) is 2.29. The van der Waals surface area contributed by atoms with Gasteiger partial charge in [0, 0.05) is 17.8 Å². The highest BCUT2D eigenvalue weighted by Crippen LogP contribution is 2.28. The zero-order chi connectivity index (χ0) is 15.1. The van der Waals surface area contributed by atoms with Crippen molar-refractivity contribution < 1.29 is 19.1 Å². The predicted octanol–water partition coefficient (Wildman–Crippen LogP) is 2.43. The quantitative estimate of drug-likeness (QED) is 0.757. The van der Waals surface area contributed by atoms with Gasteiger partial charge in [-0.1, -0.05) is 26.7 Å². The van der Waals surface area contributed by atoms with Crippen molar-refractivity contribution in [2.24, 2.45) is 0 Å². The van der Waals surface area contributed by atoms with Crippen molar-refractivity contribution in [2.45, 2.75) is 46.0 Å². The van der Waals surface area contributed by atoms with Crippen molar-refractivity contribution in [1.29, 1.82) is 0 Å². The Kier molecular flexibility index (Phi) is 6.28. The van der Waals surface area contributed by atoms with E-state index in [0.717, 1.165) is 37.1 Å². The Morgan fingerprint density at radius 3 is 1.65 bits per heavy atom. The lowest BCUT2D eigenvalue weighted by atomic mass is 9.94. The lowest BCUT2D eigenvalue weighted by molar-refractivity contribution is -0.136. The number of carbonyl (C=O) groups is 2. The van der Waals surface area contributed by atoms with Gasteiger partial charge < -0.3 is 14.8 Å². The van der Waals surface area contributed by atoms with E-state index in [9.17, 15) is 9.59 Å². The number of esters is 2. The Morgan fingerprint density at radius 1 is 0.950 bits per heavy atom. The molecule has 0 radical (unpaired) electrons. The Morgan fingerprint density at radius 2 is 1.35 bits per heavy atom. The first-order chi connectivity index (χ1) is 9.58. The van der Waals surface area contributed by atoms with Crippen LogP contribution in [0.1, 0.15) is 46.0 Å². The maximum absolute atomic E-state index is 11.9. The van der Waals surface area contributed by atoms with Crippen LogP contribution in [0.15, 0.2) is 22.5 Å². The first kappa shape index (κ1) is 16.3. The van der Waals surface area contributed by atoms with Crippen molar-refractivity contribution in [2.75, 3.05) is 14.2 Å². The van der Waals surface area contributed by atoms with E-state index in [4.69, 9.17) is 9.47 Å². The zero-order valence-electron chi connectivity index (χ0n) is 12.7. The van der Waals surface area contributed by atoms with Gasteiger partial charge in [0.05, 0.1) is 25.4 Å². The van der Waals surface area contributed by atoms with E-state index in [0.29, 0.717) is 11.1 Å². The first-order valence-corrected chi connectivity index (χ1v) is 6.96. The summed E-state index contributed by atoms with van der Waals surface area (Å²) in [7, 11) is 2.70. The molecule has 0 aromatic heterocycles. The highest BCUT2D eigenvalue weighted by Gasteiger charge is 2.28. The van der Waals surface area contributed by atoms with Gasteiger partial charge >= 0.3 is 11.9 Å². The summed E-state index contributed by atoms with van der Waals surface area (Å²) in [4.78, 5) is 23.8. The fraction of sp³-hybridized carbons (Fsp3) is 0.600. The monoisotopic (exact) mass is 281 g/mol. The third kappa shape index (κ3) is 3.62. The molecule has 1 aliphatic heterocycles. The van der Waals surface area contributed by atoms with Crippen LogP contribution in [0.3, 0.4) is 0 Å². The van der Waals surface area contributed by atoms with E-state index in [1.807, 2.05) is 13.8 Å². The Hall–Kier alpha value is -1.78. The first-order valence-electron chi connectivity index (χ1n) is 6.96. The topological polar surface area (TPSA) is 64.6 Å². The molecule has 0 amide bonds. The van der Waals surface area contributed by atoms with Crippen LogP contribution in [0.25, 0.3) is 0 Å². The summed E-state index contributed by atoms with van der Waals surface area (Å²) in [5, 5.41) is 3.24. The summed E-state index contributed by atoms with van der Waals surface area (Å²) < 4.78 is 9.62. The number of allylic oxidation sites excluding steroid dienone is 2. The summed E-state index contributed by atoms with van der Waals surface area (Å²) in [6, 6.07) is 0. The van der Waals surface area contributed by atoms with Gasteiger partial charge in [0.15, 0.2) is 0 Å². The van der Waals surface area contributed by atoms with Crippen LogP contribution in [-0.4, -0.2) is 26.2 Å². The average molecular weight is 281 g/mol. The molecule has 0 saturated heterocycles. The number of dihydropyridines is 1. The lowest BCUT2D eigenvalue weighted by Crippen LogP contribution is -2.28. The number of carbonyl (C=O) groups excluding carboxylic acids is 2. The summed E-state index contributed by atoms with van der Waals surface area (Å²) in [6.45, 7) is 4.09. The molecule has 112 valence electrons.